The van der Waals surface area contributed by atoms with E-state index in [1.165, 1.54) is 21.9 Å². The molecule has 0 bridgehead atoms. The molecule has 0 unspecified atom stereocenters. The molecule has 1 fully saturated rings. The molecule has 3 nitrogen and oxygen atoms in total. The van der Waals surface area contributed by atoms with Crippen molar-refractivity contribution in [1.29, 1.82) is 0 Å². The molecule has 3 heterocycles. The summed E-state index contributed by atoms with van der Waals surface area (Å²) in [5.74, 6) is 2.51. The van der Waals surface area contributed by atoms with Gasteiger partial charge in [-0.1, -0.05) is 0 Å². The standard InChI is InChI=1S/C18H21NO2/c1-10-8-14-12(3)17-15(9-11(2)20-17)16(18(14)21-10)13-4-6-19-7-5-13/h8-9,13,19H,4-7H2,1-3H3. The van der Waals surface area contributed by atoms with Crippen LogP contribution in [0.5, 0.6) is 0 Å². The number of furan rings is 2. The molecule has 2 aromatic heterocycles. The van der Waals surface area contributed by atoms with Crippen LogP contribution in [-0.2, 0) is 0 Å². The highest BCUT2D eigenvalue weighted by molar-refractivity contribution is 6.02. The summed E-state index contributed by atoms with van der Waals surface area (Å²) in [6, 6.07) is 4.32. The summed E-state index contributed by atoms with van der Waals surface area (Å²) in [6.07, 6.45) is 2.33. The minimum Gasteiger partial charge on any atom is -0.461 e. The normalized spacial score (nSPS) is 17.1. The largest absolute Gasteiger partial charge is 0.461 e. The topological polar surface area (TPSA) is 38.3 Å². The average molecular weight is 283 g/mol. The summed E-state index contributed by atoms with van der Waals surface area (Å²) in [5, 5.41) is 5.91. The number of piperidine rings is 1. The van der Waals surface area contributed by atoms with Crippen LogP contribution in [0, 0.1) is 20.8 Å². The molecule has 1 saturated heterocycles. The van der Waals surface area contributed by atoms with Crippen molar-refractivity contribution in [1.82, 2.24) is 5.32 Å². The Morgan fingerprint density at radius 2 is 1.52 bits per heavy atom. The third kappa shape index (κ3) is 1.91. The lowest BCUT2D eigenvalue weighted by molar-refractivity contribution is 0.458. The van der Waals surface area contributed by atoms with E-state index in [1.807, 2.05) is 13.8 Å². The average Bonchev–Trinajstić information content (AvgIpc) is 3.03. The minimum atomic E-state index is 0.555. The Morgan fingerprint density at radius 1 is 0.905 bits per heavy atom. The van der Waals surface area contributed by atoms with Crippen LogP contribution in [-0.4, -0.2) is 13.1 Å². The van der Waals surface area contributed by atoms with Crippen molar-refractivity contribution in [2.24, 2.45) is 0 Å². The summed E-state index contributed by atoms with van der Waals surface area (Å²) < 4.78 is 12.1. The highest BCUT2D eigenvalue weighted by atomic mass is 16.3. The minimum absolute atomic E-state index is 0.555. The number of rotatable bonds is 1. The molecule has 4 rings (SSSR count). The summed E-state index contributed by atoms with van der Waals surface area (Å²) >= 11 is 0. The first-order valence-electron chi connectivity index (χ1n) is 7.78. The molecule has 3 aromatic rings. The van der Waals surface area contributed by atoms with Gasteiger partial charge in [-0.15, -0.1) is 0 Å². The zero-order chi connectivity index (χ0) is 14.6. The van der Waals surface area contributed by atoms with Gasteiger partial charge in [0.2, 0.25) is 0 Å². The number of nitrogens with one attached hydrogen (secondary N) is 1. The molecule has 1 aliphatic heterocycles. The molecular weight excluding hydrogens is 262 g/mol. The maximum Gasteiger partial charge on any atom is 0.138 e. The third-order valence-corrected chi connectivity index (χ3v) is 4.74. The van der Waals surface area contributed by atoms with E-state index < -0.39 is 0 Å². The Labute approximate surface area is 124 Å². The van der Waals surface area contributed by atoms with Crippen LogP contribution in [0.2, 0.25) is 0 Å². The van der Waals surface area contributed by atoms with E-state index in [0.717, 1.165) is 48.6 Å². The predicted molar refractivity (Wildman–Crippen MR) is 85.0 cm³/mol. The van der Waals surface area contributed by atoms with Crippen molar-refractivity contribution in [3.8, 4) is 0 Å². The Morgan fingerprint density at radius 3 is 2.24 bits per heavy atom. The maximum absolute atomic E-state index is 6.09. The van der Waals surface area contributed by atoms with Crippen LogP contribution in [0.15, 0.2) is 21.0 Å². The predicted octanol–water partition coefficient (Wildman–Crippen LogP) is 4.57. The van der Waals surface area contributed by atoms with E-state index in [2.05, 4.69) is 24.4 Å². The third-order valence-electron chi connectivity index (χ3n) is 4.74. The number of aryl methyl sites for hydroxylation is 3. The zero-order valence-electron chi connectivity index (χ0n) is 12.9. The van der Waals surface area contributed by atoms with Gasteiger partial charge in [-0.2, -0.15) is 0 Å². The monoisotopic (exact) mass is 283 g/mol. The Bertz CT molecular complexity index is 761. The van der Waals surface area contributed by atoms with E-state index in [-0.39, 0.29) is 0 Å². The molecule has 0 spiro atoms. The highest BCUT2D eigenvalue weighted by Gasteiger charge is 2.25. The van der Waals surface area contributed by atoms with Gasteiger partial charge < -0.3 is 14.2 Å². The second kappa shape index (κ2) is 4.63. The first-order chi connectivity index (χ1) is 10.1. The van der Waals surface area contributed by atoms with Gasteiger partial charge in [0.1, 0.15) is 22.7 Å². The highest BCUT2D eigenvalue weighted by Crippen LogP contribution is 2.42. The first-order valence-corrected chi connectivity index (χ1v) is 7.78. The Hall–Kier alpha value is -1.74. The zero-order valence-corrected chi connectivity index (χ0v) is 12.9. The summed E-state index contributed by atoms with van der Waals surface area (Å²) in [6.45, 7) is 8.35. The molecule has 0 aliphatic carbocycles. The molecule has 1 aliphatic rings. The van der Waals surface area contributed by atoms with Crippen LogP contribution in [0.3, 0.4) is 0 Å². The van der Waals surface area contributed by atoms with E-state index >= 15 is 0 Å². The molecule has 0 saturated carbocycles. The van der Waals surface area contributed by atoms with Gasteiger partial charge in [0.15, 0.2) is 0 Å². The number of fused-ring (bicyclic) bond motifs is 2. The first kappa shape index (κ1) is 13.0. The van der Waals surface area contributed by atoms with Gasteiger partial charge in [-0.3, -0.25) is 0 Å². The SMILES string of the molecule is Cc1cc2c(C3CCNCC3)c3oc(C)cc3c(C)c2o1. The van der Waals surface area contributed by atoms with Crippen LogP contribution < -0.4 is 5.32 Å². The number of hydrogen-bond donors (Lipinski definition) is 1. The summed E-state index contributed by atoms with van der Waals surface area (Å²) in [7, 11) is 0. The van der Waals surface area contributed by atoms with Crippen molar-refractivity contribution in [2.75, 3.05) is 13.1 Å². The second-order valence-corrected chi connectivity index (χ2v) is 6.26. The Kier molecular flexibility index (Phi) is 2.86. The van der Waals surface area contributed by atoms with Gasteiger partial charge in [0.05, 0.1) is 0 Å². The van der Waals surface area contributed by atoms with Gasteiger partial charge in [-0.25, -0.2) is 0 Å². The van der Waals surface area contributed by atoms with Gasteiger partial charge >= 0.3 is 0 Å². The van der Waals surface area contributed by atoms with Crippen molar-refractivity contribution >= 4 is 21.9 Å². The number of hydrogen-bond acceptors (Lipinski definition) is 3. The molecule has 110 valence electrons. The molecule has 3 heteroatoms. The fourth-order valence-electron chi connectivity index (χ4n) is 3.75. The fourth-order valence-corrected chi connectivity index (χ4v) is 3.75. The molecule has 0 atom stereocenters. The van der Waals surface area contributed by atoms with Gasteiger partial charge in [-0.05, 0) is 64.8 Å². The molecule has 1 N–H and O–H groups in total. The second-order valence-electron chi connectivity index (χ2n) is 6.26. The van der Waals surface area contributed by atoms with E-state index in [4.69, 9.17) is 8.83 Å². The van der Waals surface area contributed by atoms with Crippen LogP contribution >= 0.6 is 0 Å². The van der Waals surface area contributed by atoms with E-state index in [1.54, 1.807) is 0 Å². The molecule has 21 heavy (non-hydrogen) atoms. The lowest BCUT2D eigenvalue weighted by Gasteiger charge is -2.24. The van der Waals surface area contributed by atoms with E-state index in [0.29, 0.717) is 5.92 Å². The summed E-state index contributed by atoms with van der Waals surface area (Å²) in [4.78, 5) is 0. The molecule has 0 radical (unpaired) electrons. The van der Waals surface area contributed by atoms with Gasteiger partial charge in [0, 0.05) is 21.9 Å². The van der Waals surface area contributed by atoms with Crippen molar-refractivity contribution in [3.05, 3.63) is 34.8 Å². The van der Waals surface area contributed by atoms with Gasteiger partial charge in [0.25, 0.3) is 0 Å². The molecule has 0 amide bonds. The quantitative estimate of drug-likeness (QED) is 0.711. The smallest absolute Gasteiger partial charge is 0.138 e. The van der Waals surface area contributed by atoms with E-state index in [9.17, 15) is 0 Å². The molecular formula is C18H21NO2. The van der Waals surface area contributed by atoms with Crippen LogP contribution in [0.1, 0.15) is 41.4 Å². The lowest BCUT2D eigenvalue weighted by Crippen LogP contribution is -2.26. The Balaban J connectivity index is 2.09. The van der Waals surface area contributed by atoms with Crippen molar-refractivity contribution in [3.63, 3.8) is 0 Å². The van der Waals surface area contributed by atoms with Crippen LogP contribution in [0.4, 0.5) is 0 Å². The maximum atomic E-state index is 6.09. The van der Waals surface area contributed by atoms with Crippen molar-refractivity contribution in [2.45, 2.75) is 39.5 Å². The lowest BCUT2D eigenvalue weighted by atomic mass is 9.86. The van der Waals surface area contributed by atoms with Crippen LogP contribution in [0.25, 0.3) is 21.9 Å². The van der Waals surface area contributed by atoms with Crippen molar-refractivity contribution < 1.29 is 8.83 Å². The summed E-state index contributed by atoms with van der Waals surface area (Å²) in [5.41, 5.74) is 4.67. The number of benzene rings is 1. The fraction of sp³-hybridized carbons (Fsp3) is 0.444. The molecule has 1 aromatic carbocycles.